The second-order valence-electron chi connectivity index (χ2n) is 0. The molecule has 0 aliphatic carbocycles. The monoisotopic (exact) mass is 242 g/mol. The summed E-state index contributed by atoms with van der Waals surface area (Å²) < 4.78 is 0. The van der Waals surface area contributed by atoms with Crippen LogP contribution in [0.5, 0.6) is 0 Å². The van der Waals surface area contributed by atoms with Gasteiger partial charge in [0.15, 0.2) is 0 Å². The predicted molar refractivity (Wildman–Crippen MR) is 21.7 cm³/mol. The summed E-state index contributed by atoms with van der Waals surface area (Å²) in [5.41, 5.74) is 0. The van der Waals surface area contributed by atoms with Crippen LogP contribution < -0.4 is 24.8 Å². The molecule has 0 aromatic carbocycles. The molecular formula is H12Cl2O6Zn. The van der Waals surface area contributed by atoms with E-state index in [1.807, 2.05) is 0 Å². The van der Waals surface area contributed by atoms with Crippen molar-refractivity contribution in [3.63, 3.8) is 0 Å². The fourth-order valence-electron chi connectivity index (χ4n) is 0. The Hall–Kier alpha value is 0.963. The van der Waals surface area contributed by atoms with Crippen LogP contribution in [0, 0.1) is 0 Å². The number of hydrogen-bond donors (Lipinski definition) is 0. The zero-order chi connectivity index (χ0) is 0. The van der Waals surface area contributed by atoms with Crippen LogP contribution in [0.4, 0.5) is 0 Å². The maximum atomic E-state index is 0. The quantitative estimate of drug-likeness (QED) is 0.366. The molecule has 0 spiro atoms. The summed E-state index contributed by atoms with van der Waals surface area (Å²) in [5, 5.41) is 0. The minimum absolute atomic E-state index is 0. The van der Waals surface area contributed by atoms with Gasteiger partial charge in [0, 0.05) is 0 Å². The fraction of sp³-hybridized carbons (Fsp3) is 0. The van der Waals surface area contributed by atoms with E-state index >= 15 is 0 Å². The Morgan fingerprint density at radius 2 is 0.333 bits per heavy atom. The van der Waals surface area contributed by atoms with E-state index < -0.39 is 0 Å². The van der Waals surface area contributed by atoms with Crippen molar-refractivity contribution in [2.75, 3.05) is 0 Å². The zero-order valence-electron chi connectivity index (χ0n) is 4.46. The molecule has 0 amide bonds. The fourth-order valence-corrected chi connectivity index (χ4v) is 0. The molecular weight excluding hydrogens is 232 g/mol. The molecule has 0 bridgehead atoms. The van der Waals surface area contributed by atoms with E-state index in [0.717, 1.165) is 0 Å². The van der Waals surface area contributed by atoms with Crippen LogP contribution in [-0.2, 0) is 19.5 Å². The third kappa shape index (κ3) is 468. The van der Waals surface area contributed by atoms with Gasteiger partial charge in [0.25, 0.3) is 0 Å². The van der Waals surface area contributed by atoms with Crippen LogP contribution in [0.15, 0.2) is 0 Å². The van der Waals surface area contributed by atoms with Gasteiger partial charge >= 0.3 is 19.5 Å². The first-order valence-electron chi connectivity index (χ1n) is 0. The van der Waals surface area contributed by atoms with E-state index in [1.165, 1.54) is 0 Å². The maximum absolute atomic E-state index is 0. The van der Waals surface area contributed by atoms with Crippen LogP contribution in [0.1, 0.15) is 0 Å². The van der Waals surface area contributed by atoms with Gasteiger partial charge in [-0.05, 0) is 0 Å². The van der Waals surface area contributed by atoms with Crippen LogP contribution in [-0.4, -0.2) is 32.9 Å². The number of hydrogen-bond acceptors (Lipinski definition) is 0. The molecule has 9 heavy (non-hydrogen) atoms. The van der Waals surface area contributed by atoms with Crippen molar-refractivity contribution < 1.29 is 77.1 Å². The van der Waals surface area contributed by atoms with E-state index in [-0.39, 0.29) is 77.1 Å². The van der Waals surface area contributed by atoms with Gasteiger partial charge in [-0.2, -0.15) is 0 Å². The van der Waals surface area contributed by atoms with Crippen LogP contribution in [0.3, 0.4) is 0 Å². The van der Waals surface area contributed by atoms with Gasteiger partial charge in [-0.15, -0.1) is 0 Å². The standard InChI is InChI=1S/2ClH.6H2O.Zn/h2*1H;6*1H2;/q;;;;;;;;+2/p-2. The summed E-state index contributed by atoms with van der Waals surface area (Å²) in [5.74, 6) is 0. The number of rotatable bonds is 0. The first-order chi connectivity index (χ1) is 0. The summed E-state index contributed by atoms with van der Waals surface area (Å²) in [6.07, 6.45) is 0. The van der Waals surface area contributed by atoms with Gasteiger partial charge < -0.3 is 57.7 Å². The van der Waals surface area contributed by atoms with E-state index in [9.17, 15) is 0 Å². The van der Waals surface area contributed by atoms with Crippen LogP contribution in [0.2, 0.25) is 0 Å². The molecule has 0 fully saturated rings. The molecule has 0 heterocycles. The molecule has 0 saturated heterocycles. The van der Waals surface area contributed by atoms with Gasteiger partial charge in [-0.3, -0.25) is 0 Å². The normalized spacial score (nSPS) is 0. The molecule has 6 nitrogen and oxygen atoms in total. The van der Waals surface area contributed by atoms with Crippen molar-refractivity contribution in [2.45, 2.75) is 0 Å². The van der Waals surface area contributed by atoms with Crippen molar-refractivity contribution in [1.29, 1.82) is 0 Å². The molecule has 64 valence electrons. The molecule has 0 radical (unpaired) electrons. The van der Waals surface area contributed by atoms with Crippen molar-refractivity contribution in [3.05, 3.63) is 0 Å². The number of halogens is 2. The molecule has 0 aliphatic heterocycles. The third-order valence-corrected chi connectivity index (χ3v) is 0. The molecule has 0 aromatic rings. The second kappa shape index (κ2) is 612. The van der Waals surface area contributed by atoms with E-state index in [4.69, 9.17) is 0 Å². The summed E-state index contributed by atoms with van der Waals surface area (Å²) >= 11 is 0. The average molecular weight is 244 g/mol. The molecule has 0 aromatic heterocycles. The smallest absolute Gasteiger partial charge is 1.00 e. The Bertz CT molecular complexity index is 11.0. The Balaban J connectivity index is 0. The van der Waals surface area contributed by atoms with Gasteiger partial charge in [0.05, 0.1) is 0 Å². The minimum atomic E-state index is 0. The zero-order valence-corrected chi connectivity index (χ0v) is 8.94. The first-order valence-corrected chi connectivity index (χ1v) is 0. The van der Waals surface area contributed by atoms with Gasteiger partial charge in [0.2, 0.25) is 0 Å². The Morgan fingerprint density at radius 3 is 0.333 bits per heavy atom. The van der Waals surface area contributed by atoms with E-state index in [0.29, 0.717) is 0 Å². The van der Waals surface area contributed by atoms with E-state index in [1.54, 1.807) is 0 Å². The van der Waals surface area contributed by atoms with Crippen molar-refractivity contribution >= 4 is 0 Å². The summed E-state index contributed by atoms with van der Waals surface area (Å²) in [6.45, 7) is 0. The summed E-state index contributed by atoms with van der Waals surface area (Å²) in [6, 6.07) is 0. The van der Waals surface area contributed by atoms with Gasteiger partial charge in [0.1, 0.15) is 0 Å². The molecule has 0 unspecified atom stereocenters. The van der Waals surface area contributed by atoms with Crippen LogP contribution in [0.25, 0.3) is 0 Å². The summed E-state index contributed by atoms with van der Waals surface area (Å²) in [4.78, 5) is 0. The topological polar surface area (TPSA) is 189 Å². The SMILES string of the molecule is O.O.O.O.O.O.[Cl-].[Cl-].[Zn+2]. The van der Waals surface area contributed by atoms with Crippen molar-refractivity contribution in [3.8, 4) is 0 Å². The van der Waals surface area contributed by atoms with Crippen molar-refractivity contribution in [1.82, 2.24) is 0 Å². The molecule has 9 heteroatoms. The third-order valence-electron chi connectivity index (χ3n) is 0. The molecule has 0 aliphatic rings. The minimum Gasteiger partial charge on any atom is -1.00 e. The average Bonchev–Trinajstić information content (AvgIpc) is 0. The van der Waals surface area contributed by atoms with E-state index in [2.05, 4.69) is 0 Å². The molecule has 0 rings (SSSR count). The Morgan fingerprint density at radius 1 is 0.333 bits per heavy atom. The largest absolute Gasteiger partial charge is 2.00 e. The predicted octanol–water partition coefficient (Wildman–Crippen LogP) is -10.9. The first kappa shape index (κ1) is 862. The molecule has 0 saturated carbocycles. The molecule has 0 atom stereocenters. The van der Waals surface area contributed by atoms with Crippen LogP contribution >= 0.6 is 0 Å². The summed E-state index contributed by atoms with van der Waals surface area (Å²) in [7, 11) is 0. The van der Waals surface area contributed by atoms with Crippen molar-refractivity contribution in [2.24, 2.45) is 0 Å². The second-order valence-corrected chi connectivity index (χ2v) is 0. The Kier molecular flexibility index (Phi) is 58700. The maximum Gasteiger partial charge on any atom is 2.00 e. The Labute approximate surface area is 77.4 Å². The van der Waals surface area contributed by atoms with Gasteiger partial charge in [-0.25, -0.2) is 0 Å². The molecule has 12 N–H and O–H groups in total. The van der Waals surface area contributed by atoms with Gasteiger partial charge in [-0.1, -0.05) is 0 Å².